The van der Waals surface area contributed by atoms with Gasteiger partial charge in [-0.2, -0.15) is 0 Å². The quantitative estimate of drug-likeness (QED) is 0.471. The number of ether oxygens (including phenoxy) is 3. The maximum atomic E-state index is 5.60. The number of rotatable bonds is 15. The van der Waals surface area contributed by atoms with Crippen LogP contribution in [0.15, 0.2) is 0 Å². The van der Waals surface area contributed by atoms with Crippen molar-refractivity contribution in [1.82, 2.24) is 5.32 Å². The molecule has 4 nitrogen and oxygen atoms in total. The van der Waals surface area contributed by atoms with Crippen LogP contribution < -0.4 is 5.32 Å². The molecular formula is C16H35NO3. The van der Waals surface area contributed by atoms with Crippen LogP contribution >= 0.6 is 0 Å². The molecule has 4 heteroatoms. The SMILES string of the molecule is CCCCOCCOCCOCCC(C)(C)CNCC. The van der Waals surface area contributed by atoms with Crippen molar-refractivity contribution in [3.05, 3.63) is 0 Å². The Bertz CT molecular complexity index is 198. The predicted octanol–water partition coefficient (Wildman–Crippen LogP) is 2.86. The van der Waals surface area contributed by atoms with Crippen molar-refractivity contribution in [2.75, 3.05) is 52.7 Å². The molecule has 0 saturated carbocycles. The Morgan fingerprint density at radius 3 is 1.90 bits per heavy atom. The summed E-state index contributed by atoms with van der Waals surface area (Å²) in [6, 6.07) is 0. The normalized spacial score (nSPS) is 12.0. The summed E-state index contributed by atoms with van der Waals surface area (Å²) in [5.74, 6) is 0. The molecule has 20 heavy (non-hydrogen) atoms. The predicted molar refractivity (Wildman–Crippen MR) is 84.3 cm³/mol. The lowest BCUT2D eigenvalue weighted by atomic mass is 9.90. The largest absolute Gasteiger partial charge is 0.379 e. The van der Waals surface area contributed by atoms with Gasteiger partial charge in [-0.05, 0) is 24.8 Å². The molecule has 1 N–H and O–H groups in total. The van der Waals surface area contributed by atoms with Crippen molar-refractivity contribution in [3.8, 4) is 0 Å². The van der Waals surface area contributed by atoms with E-state index in [1.807, 2.05) is 0 Å². The number of hydrogen-bond donors (Lipinski definition) is 1. The number of hydrogen-bond acceptors (Lipinski definition) is 4. The van der Waals surface area contributed by atoms with Crippen LogP contribution in [0.25, 0.3) is 0 Å². The fourth-order valence-corrected chi connectivity index (χ4v) is 1.69. The van der Waals surface area contributed by atoms with E-state index < -0.39 is 0 Å². The molecule has 0 fully saturated rings. The Labute approximate surface area is 125 Å². The Morgan fingerprint density at radius 2 is 1.35 bits per heavy atom. The van der Waals surface area contributed by atoms with Crippen LogP contribution in [0.2, 0.25) is 0 Å². The van der Waals surface area contributed by atoms with Crippen molar-refractivity contribution < 1.29 is 14.2 Å². The lowest BCUT2D eigenvalue weighted by Crippen LogP contribution is -2.30. The standard InChI is InChI=1S/C16H35NO3/c1-5-7-9-18-11-13-20-14-12-19-10-8-16(3,4)15-17-6-2/h17H,5-15H2,1-4H3. The second kappa shape index (κ2) is 13.8. The van der Waals surface area contributed by atoms with E-state index in [0.717, 1.165) is 39.1 Å². The minimum Gasteiger partial charge on any atom is -0.379 e. The van der Waals surface area contributed by atoms with Gasteiger partial charge in [0.1, 0.15) is 0 Å². The zero-order valence-corrected chi connectivity index (χ0v) is 14.0. The summed E-state index contributed by atoms with van der Waals surface area (Å²) in [5.41, 5.74) is 0.296. The third kappa shape index (κ3) is 14.3. The summed E-state index contributed by atoms with van der Waals surface area (Å²) in [6.07, 6.45) is 3.38. The summed E-state index contributed by atoms with van der Waals surface area (Å²) in [5, 5.41) is 3.38. The van der Waals surface area contributed by atoms with E-state index in [2.05, 4.69) is 33.0 Å². The van der Waals surface area contributed by atoms with E-state index in [-0.39, 0.29) is 0 Å². The first-order valence-electron chi connectivity index (χ1n) is 8.06. The summed E-state index contributed by atoms with van der Waals surface area (Å²) >= 11 is 0. The van der Waals surface area contributed by atoms with Gasteiger partial charge in [0.2, 0.25) is 0 Å². The highest BCUT2D eigenvalue weighted by Crippen LogP contribution is 2.18. The van der Waals surface area contributed by atoms with Crippen molar-refractivity contribution >= 4 is 0 Å². The monoisotopic (exact) mass is 289 g/mol. The van der Waals surface area contributed by atoms with Crippen LogP contribution in [0.4, 0.5) is 0 Å². The summed E-state index contributed by atoms with van der Waals surface area (Å²) in [4.78, 5) is 0. The average molecular weight is 289 g/mol. The molecule has 0 amide bonds. The fourth-order valence-electron chi connectivity index (χ4n) is 1.69. The number of unbranched alkanes of at least 4 members (excludes halogenated alkanes) is 1. The molecule has 0 saturated heterocycles. The van der Waals surface area contributed by atoms with Crippen LogP contribution in [0.3, 0.4) is 0 Å². The molecular weight excluding hydrogens is 254 g/mol. The summed E-state index contributed by atoms with van der Waals surface area (Å²) in [7, 11) is 0. The van der Waals surface area contributed by atoms with E-state index in [1.165, 1.54) is 6.42 Å². The van der Waals surface area contributed by atoms with Crippen molar-refractivity contribution in [3.63, 3.8) is 0 Å². The highest BCUT2D eigenvalue weighted by atomic mass is 16.5. The van der Waals surface area contributed by atoms with Crippen LogP contribution in [0.5, 0.6) is 0 Å². The summed E-state index contributed by atoms with van der Waals surface area (Å²) < 4.78 is 16.5. The minimum atomic E-state index is 0.296. The van der Waals surface area contributed by atoms with Gasteiger partial charge in [0, 0.05) is 19.8 Å². The Hall–Kier alpha value is -0.160. The first-order chi connectivity index (χ1) is 9.62. The third-order valence-electron chi connectivity index (χ3n) is 3.16. The van der Waals surface area contributed by atoms with Crippen molar-refractivity contribution in [2.45, 2.75) is 47.0 Å². The first kappa shape index (κ1) is 19.8. The molecule has 0 radical (unpaired) electrons. The molecule has 0 aliphatic carbocycles. The highest BCUT2D eigenvalue weighted by Gasteiger charge is 2.16. The van der Waals surface area contributed by atoms with Gasteiger partial charge in [-0.1, -0.05) is 34.1 Å². The fraction of sp³-hybridized carbons (Fsp3) is 1.00. The van der Waals surface area contributed by atoms with Gasteiger partial charge in [0.15, 0.2) is 0 Å². The second-order valence-electron chi connectivity index (χ2n) is 5.89. The molecule has 0 bridgehead atoms. The van der Waals surface area contributed by atoms with E-state index in [1.54, 1.807) is 0 Å². The van der Waals surface area contributed by atoms with Crippen molar-refractivity contribution in [1.29, 1.82) is 0 Å². The molecule has 0 aromatic rings. The molecule has 122 valence electrons. The molecule has 0 spiro atoms. The summed E-state index contributed by atoms with van der Waals surface area (Å²) in [6.45, 7) is 15.2. The lowest BCUT2D eigenvalue weighted by Gasteiger charge is -2.24. The Morgan fingerprint density at radius 1 is 0.800 bits per heavy atom. The third-order valence-corrected chi connectivity index (χ3v) is 3.16. The Balaban J connectivity index is 3.20. The lowest BCUT2D eigenvalue weighted by molar-refractivity contribution is 0.00937. The van der Waals surface area contributed by atoms with Gasteiger partial charge in [-0.25, -0.2) is 0 Å². The average Bonchev–Trinajstić information content (AvgIpc) is 2.42. The molecule has 0 atom stereocenters. The highest BCUT2D eigenvalue weighted by molar-refractivity contribution is 4.70. The molecule has 0 aliphatic rings. The van der Waals surface area contributed by atoms with Crippen LogP contribution in [-0.4, -0.2) is 52.7 Å². The van der Waals surface area contributed by atoms with E-state index in [9.17, 15) is 0 Å². The van der Waals surface area contributed by atoms with Gasteiger partial charge >= 0.3 is 0 Å². The zero-order chi connectivity index (χ0) is 15.1. The van der Waals surface area contributed by atoms with Gasteiger partial charge in [0.05, 0.1) is 26.4 Å². The second-order valence-corrected chi connectivity index (χ2v) is 5.89. The Kier molecular flexibility index (Phi) is 13.7. The number of nitrogens with one attached hydrogen (secondary N) is 1. The molecule has 0 aromatic carbocycles. The smallest absolute Gasteiger partial charge is 0.0701 e. The van der Waals surface area contributed by atoms with Crippen molar-refractivity contribution in [2.24, 2.45) is 5.41 Å². The molecule has 0 heterocycles. The topological polar surface area (TPSA) is 39.7 Å². The van der Waals surface area contributed by atoms with Crippen LogP contribution in [-0.2, 0) is 14.2 Å². The van der Waals surface area contributed by atoms with E-state index in [0.29, 0.717) is 31.8 Å². The molecule has 0 rings (SSSR count). The van der Waals surface area contributed by atoms with Gasteiger partial charge in [0.25, 0.3) is 0 Å². The van der Waals surface area contributed by atoms with Crippen LogP contribution in [0, 0.1) is 5.41 Å². The zero-order valence-electron chi connectivity index (χ0n) is 14.0. The van der Waals surface area contributed by atoms with Gasteiger partial charge in [-0.15, -0.1) is 0 Å². The molecule has 0 aromatic heterocycles. The van der Waals surface area contributed by atoms with Crippen LogP contribution in [0.1, 0.15) is 47.0 Å². The van der Waals surface area contributed by atoms with E-state index >= 15 is 0 Å². The maximum Gasteiger partial charge on any atom is 0.0701 e. The molecule has 0 aliphatic heterocycles. The first-order valence-corrected chi connectivity index (χ1v) is 8.06. The van der Waals surface area contributed by atoms with E-state index in [4.69, 9.17) is 14.2 Å². The maximum absolute atomic E-state index is 5.60. The van der Waals surface area contributed by atoms with Gasteiger partial charge in [-0.3, -0.25) is 0 Å². The molecule has 0 unspecified atom stereocenters. The minimum absolute atomic E-state index is 0.296. The van der Waals surface area contributed by atoms with Gasteiger partial charge < -0.3 is 19.5 Å².